The van der Waals surface area contributed by atoms with Gasteiger partial charge in [-0.2, -0.15) is 0 Å². The molecule has 2 aromatic rings. The molecule has 0 amide bonds. The topological polar surface area (TPSA) is 74.4 Å². The molecule has 0 aliphatic heterocycles. The lowest BCUT2D eigenvalue weighted by atomic mass is 10.3. The first-order valence-electron chi connectivity index (χ1n) is 5.86. The van der Waals surface area contributed by atoms with E-state index in [1.165, 1.54) is 6.20 Å². The predicted molar refractivity (Wildman–Crippen MR) is 71.1 cm³/mol. The Morgan fingerprint density at radius 3 is 2.68 bits per heavy atom. The van der Waals surface area contributed by atoms with Crippen molar-refractivity contribution in [2.24, 2.45) is 0 Å². The van der Waals surface area contributed by atoms with Crippen molar-refractivity contribution in [3.8, 4) is 11.6 Å². The lowest BCUT2D eigenvalue weighted by Gasteiger charge is -2.07. The number of benzene rings is 1. The first kappa shape index (κ1) is 12.9. The van der Waals surface area contributed by atoms with E-state index in [0.29, 0.717) is 29.5 Å². The fourth-order valence-electron chi connectivity index (χ4n) is 1.46. The Morgan fingerprint density at radius 1 is 1.26 bits per heavy atom. The Balaban J connectivity index is 2.11. The van der Waals surface area contributed by atoms with E-state index >= 15 is 0 Å². The summed E-state index contributed by atoms with van der Waals surface area (Å²) in [5, 5.41) is 0. The van der Waals surface area contributed by atoms with E-state index in [0.717, 1.165) is 0 Å². The second-order valence-corrected chi connectivity index (χ2v) is 3.75. The summed E-state index contributed by atoms with van der Waals surface area (Å²) in [5.41, 5.74) is 6.67. The van der Waals surface area contributed by atoms with Crippen LogP contribution in [-0.2, 0) is 4.74 Å². The van der Waals surface area contributed by atoms with E-state index < -0.39 is 5.97 Å². The molecule has 0 aliphatic rings. The summed E-state index contributed by atoms with van der Waals surface area (Å²) in [7, 11) is 0. The smallest absolute Gasteiger partial charge is 0.339 e. The van der Waals surface area contributed by atoms with Crippen LogP contribution < -0.4 is 10.5 Å². The van der Waals surface area contributed by atoms with Crippen LogP contribution in [0.1, 0.15) is 17.3 Å². The van der Waals surface area contributed by atoms with Gasteiger partial charge in [0.2, 0.25) is 5.88 Å². The monoisotopic (exact) mass is 258 g/mol. The molecular weight excluding hydrogens is 244 g/mol. The van der Waals surface area contributed by atoms with Gasteiger partial charge in [-0.15, -0.1) is 0 Å². The van der Waals surface area contributed by atoms with Crippen LogP contribution in [0.2, 0.25) is 0 Å². The first-order valence-corrected chi connectivity index (χ1v) is 5.86. The second-order valence-electron chi connectivity index (χ2n) is 3.75. The van der Waals surface area contributed by atoms with Crippen molar-refractivity contribution in [2.75, 3.05) is 12.3 Å². The zero-order valence-electron chi connectivity index (χ0n) is 10.5. The van der Waals surface area contributed by atoms with Gasteiger partial charge in [0.1, 0.15) is 0 Å². The van der Waals surface area contributed by atoms with Crippen molar-refractivity contribution in [3.05, 3.63) is 48.2 Å². The Morgan fingerprint density at radius 2 is 2.05 bits per heavy atom. The molecule has 0 bridgehead atoms. The fourth-order valence-corrected chi connectivity index (χ4v) is 1.46. The molecule has 0 saturated heterocycles. The first-order chi connectivity index (χ1) is 9.20. The second kappa shape index (κ2) is 5.86. The third kappa shape index (κ3) is 3.22. The molecule has 0 atom stereocenters. The molecule has 2 rings (SSSR count). The van der Waals surface area contributed by atoms with Gasteiger partial charge in [0.25, 0.3) is 0 Å². The van der Waals surface area contributed by atoms with Crippen molar-refractivity contribution < 1.29 is 14.3 Å². The predicted octanol–water partition coefficient (Wildman–Crippen LogP) is 2.63. The van der Waals surface area contributed by atoms with Crippen molar-refractivity contribution in [2.45, 2.75) is 6.92 Å². The summed E-state index contributed by atoms with van der Waals surface area (Å²) >= 11 is 0. The number of hydrogen-bond donors (Lipinski definition) is 1. The van der Waals surface area contributed by atoms with E-state index in [4.69, 9.17) is 15.2 Å². The van der Waals surface area contributed by atoms with E-state index in [2.05, 4.69) is 4.98 Å². The summed E-state index contributed by atoms with van der Waals surface area (Å²) in [5.74, 6) is 0.491. The summed E-state index contributed by atoms with van der Waals surface area (Å²) < 4.78 is 10.4. The SMILES string of the molecule is CCOC(=O)c1ccc(Oc2ccccc2N)nc1. The molecular formula is C14H14N2O3. The number of para-hydroxylation sites is 2. The number of pyridine rings is 1. The van der Waals surface area contributed by atoms with Crippen LogP contribution in [0, 0.1) is 0 Å². The van der Waals surface area contributed by atoms with Crippen LogP contribution in [0.3, 0.4) is 0 Å². The highest BCUT2D eigenvalue weighted by molar-refractivity contribution is 5.89. The van der Waals surface area contributed by atoms with Gasteiger partial charge in [-0.3, -0.25) is 0 Å². The van der Waals surface area contributed by atoms with Gasteiger partial charge in [-0.1, -0.05) is 12.1 Å². The number of nitrogens with zero attached hydrogens (tertiary/aromatic N) is 1. The maximum atomic E-state index is 11.4. The van der Waals surface area contributed by atoms with Gasteiger partial charge in [-0.25, -0.2) is 9.78 Å². The van der Waals surface area contributed by atoms with Crippen molar-refractivity contribution in [1.29, 1.82) is 0 Å². The average molecular weight is 258 g/mol. The van der Waals surface area contributed by atoms with Crippen molar-refractivity contribution in [3.63, 3.8) is 0 Å². The quantitative estimate of drug-likeness (QED) is 0.674. The zero-order valence-corrected chi connectivity index (χ0v) is 10.5. The Bertz CT molecular complexity index is 567. The van der Waals surface area contributed by atoms with Crippen molar-refractivity contribution in [1.82, 2.24) is 4.98 Å². The van der Waals surface area contributed by atoms with Crippen LogP contribution in [-0.4, -0.2) is 17.6 Å². The zero-order chi connectivity index (χ0) is 13.7. The largest absolute Gasteiger partial charge is 0.462 e. The Labute approximate surface area is 111 Å². The molecule has 0 aliphatic carbocycles. The summed E-state index contributed by atoms with van der Waals surface area (Å²) in [4.78, 5) is 15.5. The van der Waals surface area contributed by atoms with E-state index in [1.54, 1.807) is 31.2 Å². The molecule has 5 nitrogen and oxygen atoms in total. The van der Waals surface area contributed by atoms with Crippen LogP contribution in [0.15, 0.2) is 42.6 Å². The van der Waals surface area contributed by atoms with Gasteiger partial charge in [-0.05, 0) is 25.1 Å². The van der Waals surface area contributed by atoms with E-state index in [-0.39, 0.29) is 0 Å². The lowest BCUT2D eigenvalue weighted by Crippen LogP contribution is -2.05. The Hall–Kier alpha value is -2.56. The van der Waals surface area contributed by atoms with Crippen LogP contribution in [0.25, 0.3) is 0 Å². The Kier molecular flexibility index (Phi) is 3.97. The summed E-state index contributed by atoms with van der Waals surface area (Å²) in [6.07, 6.45) is 1.41. The van der Waals surface area contributed by atoms with Crippen LogP contribution in [0.4, 0.5) is 5.69 Å². The number of ether oxygens (including phenoxy) is 2. The summed E-state index contributed by atoms with van der Waals surface area (Å²) in [6, 6.07) is 10.3. The standard InChI is InChI=1S/C14H14N2O3/c1-2-18-14(17)10-7-8-13(16-9-10)19-12-6-4-3-5-11(12)15/h3-9H,2,15H2,1H3. The average Bonchev–Trinajstić information content (AvgIpc) is 2.42. The highest BCUT2D eigenvalue weighted by Crippen LogP contribution is 2.25. The van der Waals surface area contributed by atoms with Crippen LogP contribution in [0.5, 0.6) is 11.6 Å². The number of rotatable bonds is 4. The summed E-state index contributed by atoms with van der Waals surface area (Å²) in [6.45, 7) is 2.08. The van der Waals surface area contributed by atoms with Crippen molar-refractivity contribution >= 4 is 11.7 Å². The minimum absolute atomic E-state index is 0.331. The molecule has 1 aromatic carbocycles. The molecule has 0 radical (unpaired) electrons. The highest BCUT2D eigenvalue weighted by atomic mass is 16.5. The third-order valence-electron chi connectivity index (χ3n) is 2.38. The normalized spacial score (nSPS) is 9.95. The number of nitrogen functional groups attached to an aromatic ring is 1. The minimum Gasteiger partial charge on any atom is -0.462 e. The maximum Gasteiger partial charge on any atom is 0.339 e. The molecule has 1 heterocycles. The van der Waals surface area contributed by atoms with Gasteiger partial charge < -0.3 is 15.2 Å². The molecule has 0 saturated carbocycles. The molecule has 0 spiro atoms. The number of nitrogens with two attached hydrogens (primary N) is 1. The molecule has 5 heteroatoms. The highest BCUT2D eigenvalue weighted by Gasteiger charge is 2.08. The molecule has 0 fully saturated rings. The van der Waals surface area contributed by atoms with Gasteiger partial charge >= 0.3 is 5.97 Å². The number of carbonyl (C=O) groups excluding carboxylic acids is 1. The van der Waals surface area contributed by atoms with Gasteiger partial charge in [0, 0.05) is 12.3 Å². The van der Waals surface area contributed by atoms with Gasteiger partial charge in [0.05, 0.1) is 17.9 Å². The fraction of sp³-hybridized carbons (Fsp3) is 0.143. The number of aromatic nitrogens is 1. The van der Waals surface area contributed by atoms with Crippen LogP contribution >= 0.6 is 0 Å². The number of esters is 1. The molecule has 19 heavy (non-hydrogen) atoms. The molecule has 0 unspecified atom stereocenters. The molecule has 2 N–H and O–H groups in total. The number of anilines is 1. The number of hydrogen-bond acceptors (Lipinski definition) is 5. The molecule has 1 aromatic heterocycles. The third-order valence-corrected chi connectivity index (χ3v) is 2.38. The van der Waals surface area contributed by atoms with Gasteiger partial charge in [0.15, 0.2) is 5.75 Å². The van der Waals surface area contributed by atoms with E-state index in [1.807, 2.05) is 12.1 Å². The number of carbonyl (C=O) groups is 1. The lowest BCUT2D eigenvalue weighted by molar-refractivity contribution is 0.0526. The van der Waals surface area contributed by atoms with E-state index in [9.17, 15) is 4.79 Å². The maximum absolute atomic E-state index is 11.4. The molecule has 98 valence electrons. The minimum atomic E-state index is -0.402.